The van der Waals surface area contributed by atoms with Crippen molar-refractivity contribution in [3.63, 3.8) is 0 Å². The Bertz CT molecular complexity index is 1270. The Morgan fingerprint density at radius 3 is 2.35 bits per heavy atom. The number of fused-ring (bicyclic) bond motifs is 1. The average molecular weight is 474 g/mol. The monoisotopic (exact) mass is 473 g/mol. The molecule has 1 N–H and O–H groups in total. The smallest absolute Gasteiger partial charge is 0.227 e. The molecule has 1 aliphatic rings. The Balaban J connectivity index is 1.32. The zero-order valence-electron chi connectivity index (χ0n) is 19.2. The predicted octanol–water partition coefficient (Wildman–Crippen LogP) is 5.23. The number of piperazine rings is 1. The van der Waals surface area contributed by atoms with Gasteiger partial charge in [0.05, 0.1) is 12.6 Å². The molecular formula is C27H28ClN5O. The summed E-state index contributed by atoms with van der Waals surface area (Å²) in [6, 6.07) is 24.2. The van der Waals surface area contributed by atoms with Gasteiger partial charge in [0.1, 0.15) is 11.6 Å². The number of anilines is 2. The second-order valence-corrected chi connectivity index (χ2v) is 8.82. The molecule has 1 fully saturated rings. The van der Waals surface area contributed by atoms with E-state index in [0.29, 0.717) is 6.54 Å². The Morgan fingerprint density at radius 2 is 1.56 bits per heavy atom. The molecule has 1 aliphatic heterocycles. The van der Waals surface area contributed by atoms with Crippen molar-refractivity contribution in [3.8, 4) is 5.75 Å². The zero-order valence-corrected chi connectivity index (χ0v) is 20.0. The molecule has 0 spiro atoms. The van der Waals surface area contributed by atoms with Crippen molar-refractivity contribution in [1.82, 2.24) is 14.9 Å². The lowest BCUT2D eigenvalue weighted by Gasteiger charge is -2.35. The third-order valence-electron chi connectivity index (χ3n) is 6.24. The van der Waals surface area contributed by atoms with Crippen LogP contribution in [0.3, 0.4) is 0 Å². The number of nitrogens with one attached hydrogen (secondary N) is 1. The van der Waals surface area contributed by atoms with E-state index in [1.165, 1.54) is 5.56 Å². The number of benzene rings is 3. The summed E-state index contributed by atoms with van der Waals surface area (Å²) in [5.41, 5.74) is 3.19. The summed E-state index contributed by atoms with van der Waals surface area (Å²) in [5.74, 6) is 2.46. The minimum Gasteiger partial charge on any atom is -0.496 e. The first-order chi connectivity index (χ1) is 16.7. The molecule has 5 rings (SSSR count). The molecular weight excluding hydrogens is 446 g/mol. The van der Waals surface area contributed by atoms with Gasteiger partial charge < -0.3 is 15.0 Å². The van der Waals surface area contributed by atoms with Crippen LogP contribution in [-0.2, 0) is 13.1 Å². The van der Waals surface area contributed by atoms with Crippen LogP contribution in [0.15, 0.2) is 72.8 Å². The first-order valence-electron chi connectivity index (χ1n) is 11.5. The Morgan fingerprint density at radius 1 is 0.853 bits per heavy atom. The summed E-state index contributed by atoms with van der Waals surface area (Å²) in [6.45, 7) is 5.09. The number of halogens is 1. The van der Waals surface area contributed by atoms with Crippen molar-refractivity contribution in [3.05, 3.63) is 88.9 Å². The molecule has 3 aromatic carbocycles. The largest absolute Gasteiger partial charge is 0.496 e. The van der Waals surface area contributed by atoms with Crippen molar-refractivity contribution < 1.29 is 4.74 Å². The molecule has 174 valence electrons. The molecule has 2 heterocycles. The summed E-state index contributed by atoms with van der Waals surface area (Å²) in [5, 5.41) is 5.36. The molecule has 0 atom stereocenters. The van der Waals surface area contributed by atoms with Gasteiger partial charge in [-0.3, -0.25) is 4.90 Å². The SMILES string of the molecule is COc1ccccc1CNc1nc(N2CCN(Cc3ccccc3Cl)CC2)nc2ccccc12. The van der Waals surface area contributed by atoms with Gasteiger partial charge in [0.15, 0.2) is 0 Å². The third-order valence-corrected chi connectivity index (χ3v) is 6.61. The van der Waals surface area contributed by atoms with E-state index in [-0.39, 0.29) is 0 Å². The summed E-state index contributed by atoms with van der Waals surface area (Å²) in [7, 11) is 1.70. The maximum atomic E-state index is 6.36. The van der Waals surface area contributed by atoms with Crippen molar-refractivity contribution in [1.29, 1.82) is 0 Å². The molecule has 0 aliphatic carbocycles. The average Bonchev–Trinajstić information content (AvgIpc) is 2.89. The Labute approximate surface area is 205 Å². The van der Waals surface area contributed by atoms with Crippen LogP contribution >= 0.6 is 11.6 Å². The van der Waals surface area contributed by atoms with Crippen LogP contribution in [-0.4, -0.2) is 48.2 Å². The highest BCUT2D eigenvalue weighted by Crippen LogP contribution is 2.26. The van der Waals surface area contributed by atoms with Crippen LogP contribution in [0.1, 0.15) is 11.1 Å². The van der Waals surface area contributed by atoms with Gasteiger partial charge in [0.2, 0.25) is 5.95 Å². The van der Waals surface area contributed by atoms with Gasteiger partial charge in [-0.05, 0) is 29.8 Å². The molecule has 6 nitrogen and oxygen atoms in total. The lowest BCUT2D eigenvalue weighted by molar-refractivity contribution is 0.249. The van der Waals surface area contributed by atoms with Gasteiger partial charge >= 0.3 is 0 Å². The molecule has 0 bridgehead atoms. The second kappa shape index (κ2) is 10.3. The summed E-state index contributed by atoms with van der Waals surface area (Å²) in [6.07, 6.45) is 0. The van der Waals surface area contributed by atoms with Gasteiger partial charge in [0.25, 0.3) is 0 Å². The van der Waals surface area contributed by atoms with E-state index in [0.717, 1.165) is 71.7 Å². The number of methoxy groups -OCH3 is 1. The number of hydrogen-bond donors (Lipinski definition) is 1. The molecule has 34 heavy (non-hydrogen) atoms. The molecule has 1 saturated heterocycles. The first-order valence-corrected chi connectivity index (χ1v) is 11.9. The molecule has 4 aromatic rings. The van der Waals surface area contributed by atoms with Crippen molar-refractivity contribution >= 4 is 34.3 Å². The van der Waals surface area contributed by atoms with Crippen LogP contribution in [0.4, 0.5) is 11.8 Å². The summed E-state index contributed by atoms with van der Waals surface area (Å²) < 4.78 is 5.51. The lowest BCUT2D eigenvalue weighted by Crippen LogP contribution is -2.46. The van der Waals surface area contributed by atoms with E-state index in [4.69, 9.17) is 26.3 Å². The minimum atomic E-state index is 0.621. The van der Waals surface area contributed by atoms with E-state index >= 15 is 0 Å². The first kappa shape index (κ1) is 22.4. The van der Waals surface area contributed by atoms with Gasteiger partial charge in [-0.25, -0.2) is 4.98 Å². The normalized spacial score (nSPS) is 14.4. The number of para-hydroxylation sites is 2. The maximum absolute atomic E-state index is 6.36. The van der Waals surface area contributed by atoms with Crippen LogP contribution in [0, 0.1) is 0 Å². The third kappa shape index (κ3) is 4.93. The van der Waals surface area contributed by atoms with E-state index in [9.17, 15) is 0 Å². The van der Waals surface area contributed by atoms with Gasteiger partial charge in [-0.1, -0.05) is 60.1 Å². The highest BCUT2D eigenvalue weighted by Gasteiger charge is 2.21. The van der Waals surface area contributed by atoms with Crippen molar-refractivity contribution in [2.75, 3.05) is 43.5 Å². The molecule has 7 heteroatoms. The van der Waals surface area contributed by atoms with Crippen LogP contribution in [0.25, 0.3) is 10.9 Å². The maximum Gasteiger partial charge on any atom is 0.227 e. The fourth-order valence-corrected chi connectivity index (χ4v) is 4.54. The van der Waals surface area contributed by atoms with Crippen LogP contribution in [0.2, 0.25) is 5.02 Å². The topological polar surface area (TPSA) is 53.5 Å². The molecule has 0 amide bonds. The highest BCUT2D eigenvalue weighted by molar-refractivity contribution is 6.31. The fraction of sp³-hybridized carbons (Fsp3) is 0.259. The summed E-state index contributed by atoms with van der Waals surface area (Å²) >= 11 is 6.36. The molecule has 0 unspecified atom stereocenters. The van der Waals surface area contributed by atoms with E-state index in [1.807, 2.05) is 54.6 Å². The summed E-state index contributed by atoms with van der Waals surface area (Å²) in [4.78, 5) is 14.5. The number of rotatable bonds is 7. The second-order valence-electron chi connectivity index (χ2n) is 8.41. The van der Waals surface area contributed by atoms with E-state index in [2.05, 4.69) is 33.3 Å². The van der Waals surface area contributed by atoms with Crippen molar-refractivity contribution in [2.45, 2.75) is 13.1 Å². The molecule has 1 aromatic heterocycles. The molecule has 0 radical (unpaired) electrons. The number of hydrogen-bond acceptors (Lipinski definition) is 6. The Kier molecular flexibility index (Phi) is 6.79. The predicted molar refractivity (Wildman–Crippen MR) is 139 cm³/mol. The molecule has 0 saturated carbocycles. The number of aromatic nitrogens is 2. The van der Waals surface area contributed by atoms with Gasteiger partial charge in [0, 0.05) is 55.2 Å². The standard InChI is InChI=1S/C27H28ClN5O/c1-34-25-13-7-3-8-20(25)18-29-26-22-10-4-6-12-24(22)30-27(31-26)33-16-14-32(15-17-33)19-21-9-2-5-11-23(21)28/h2-13H,14-19H2,1H3,(H,29,30,31). The lowest BCUT2D eigenvalue weighted by atomic mass is 10.2. The van der Waals surface area contributed by atoms with Crippen LogP contribution in [0.5, 0.6) is 5.75 Å². The number of ether oxygens (including phenoxy) is 1. The minimum absolute atomic E-state index is 0.621. The van der Waals surface area contributed by atoms with Gasteiger partial charge in [-0.15, -0.1) is 0 Å². The van der Waals surface area contributed by atoms with Crippen molar-refractivity contribution in [2.24, 2.45) is 0 Å². The van der Waals surface area contributed by atoms with Gasteiger partial charge in [-0.2, -0.15) is 4.98 Å². The Hall–Kier alpha value is -3.35. The zero-order chi connectivity index (χ0) is 23.3. The fourth-order valence-electron chi connectivity index (χ4n) is 4.34. The van der Waals surface area contributed by atoms with Crippen LogP contribution < -0.4 is 15.0 Å². The van der Waals surface area contributed by atoms with E-state index in [1.54, 1.807) is 7.11 Å². The number of nitrogens with zero attached hydrogens (tertiary/aromatic N) is 4. The quantitative estimate of drug-likeness (QED) is 0.397. The highest BCUT2D eigenvalue weighted by atomic mass is 35.5. The van der Waals surface area contributed by atoms with E-state index < -0.39 is 0 Å².